The number of pyridine rings is 1. The Morgan fingerprint density at radius 1 is 1.46 bits per heavy atom. The summed E-state index contributed by atoms with van der Waals surface area (Å²) in [4.78, 5) is 24.8. The molecule has 0 fully saturated rings. The second kappa shape index (κ2) is 6.66. The molecule has 5 nitrogen and oxygen atoms in total. The van der Waals surface area contributed by atoms with Gasteiger partial charge in [0.05, 0.1) is 18.8 Å². The first kappa shape index (κ1) is 18.0. The number of carbonyl (C=O) groups excluding carboxylic acids is 1. The minimum absolute atomic E-state index is 0.0758. The van der Waals surface area contributed by atoms with Gasteiger partial charge in [-0.15, -0.1) is 0 Å². The number of carbonyl (C=O) groups is 1. The van der Waals surface area contributed by atoms with E-state index in [1.54, 1.807) is 20.2 Å². The topological polar surface area (TPSA) is 68.5 Å². The largest absolute Gasteiger partial charge is 0.462 e. The van der Waals surface area contributed by atoms with Gasteiger partial charge in [0.2, 0.25) is 0 Å². The summed E-state index contributed by atoms with van der Waals surface area (Å²) in [7, 11) is 1.67. The van der Waals surface area contributed by atoms with E-state index in [0.717, 1.165) is 5.57 Å². The SMILES string of the molecule is CCOC(=O)C1=C(C)Cc2c1c(C#CC(C)(C)CO)cn(C)c2=O. The van der Waals surface area contributed by atoms with Gasteiger partial charge in [-0.05, 0) is 27.7 Å². The Hall–Kier alpha value is -2.32. The predicted molar refractivity (Wildman–Crippen MR) is 92.4 cm³/mol. The van der Waals surface area contributed by atoms with E-state index in [2.05, 4.69) is 11.8 Å². The molecule has 1 heterocycles. The third-order valence-electron chi connectivity index (χ3n) is 4.00. The molecule has 0 radical (unpaired) electrons. The predicted octanol–water partition coefficient (Wildman–Crippen LogP) is 1.65. The molecule has 128 valence electrons. The van der Waals surface area contributed by atoms with E-state index in [0.29, 0.717) is 28.7 Å². The lowest BCUT2D eigenvalue weighted by Gasteiger charge is -2.13. The first-order valence-corrected chi connectivity index (χ1v) is 7.95. The molecule has 24 heavy (non-hydrogen) atoms. The number of aryl methyl sites for hydroxylation is 1. The van der Waals surface area contributed by atoms with Crippen molar-refractivity contribution >= 4 is 11.5 Å². The van der Waals surface area contributed by atoms with Crippen LogP contribution in [0.3, 0.4) is 0 Å². The highest BCUT2D eigenvalue weighted by atomic mass is 16.5. The summed E-state index contributed by atoms with van der Waals surface area (Å²) in [6.07, 6.45) is 2.06. The summed E-state index contributed by atoms with van der Waals surface area (Å²) in [5.74, 6) is 5.63. The standard InChI is InChI=1S/C19H23NO4/c1-6-24-18(23)15-12(2)9-14-16(15)13(10-20(5)17(14)22)7-8-19(3,4)11-21/h10,21H,6,9,11H2,1-5H3. The first-order chi connectivity index (χ1) is 11.2. The fraction of sp³-hybridized carbons (Fsp3) is 0.474. The van der Waals surface area contributed by atoms with Gasteiger partial charge in [-0.25, -0.2) is 4.79 Å². The number of rotatable bonds is 3. The van der Waals surface area contributed by atoms with E-state index in [1.807, 2.05) is 20.8 Å². The summed E-state index contributed by atoms with van der Waals surface area (Å²) in [5, 5.41) is 9.38. The quantitative estimate of drug-likeness (QED) is 0.676. The van der Waals surface area contributed by atoms with Crippen molar-refractivity contribution in [2.75, 3.05) is 13.2 Å². The Labute approximate surface area is 142 Å². The van der Waals surface area contributed by atoms with E-state index in [4.69, 9.17) is 4.74 Å². The van der Waals surface area contributed by atoms with Crippen molar-refractivity contribution in [1.82, 2.24) is 4.57 Å². The van der Waals surface area contributed by atoms with Crippen LogP contribution in [0.1, 0.15) is 44.4 Å². The van der Waals surface area contributed by atoms with Crippen LogP contribution in [0.25, 0.3) is 5.57 Å². The Morgan fingerprint density at radius 2 is 2.12 bits per heavy atom. The Bertz CT molecular complexity index is 831. The van der Waals surface area contributed by atoms with Gasteiger partial charge in [0.1, 0.15) is 0 Å². The normalized spacial score (nSPS) is 13.4. The zero-order valence-corrected chi connectivity index (χ0v) is 14.8. The molecule has 1 aromatic heterocycles. The van der Waals surface area contributed by atoms with Gasteiger partial charge in [-0.1, -0.05) is 17.4 Å². The summed E-state index contributed by atoms with van der Waals surface area (Å²) < 4.78 is 6.63. The molecule has 0 atom stereocenters. The van der Waals surface area contributed by atoms with Crippen molar-refractivity contribution in [2.45, 2.75) is 34.1 Å². The van der Waals surface area contributed by atoms with Crippen LogP contribution in [0.5, 0.6) is 0 Å². The molecular weight excluding hydrogens is 306 g/mol. The second-order valence-electron chi connectivity index (χ2n) is 6.66. The van der Waals surface area contributed by atoms with E-state index >= 15 is 0 Å². The highest BCUT2D eigenvalue weighted by molar-refractivity contribution is 6.19. The molecular formula is C19H23NO4. The highest BCUT2D eigenvalue weighted by Gasteiger charge is 2.30. The summed E-state index contributed by atoms with van der Waals surface area (Å²) in [5.41, 5.74) is 2.32. The van der Waals surface area contributed by atoms with Gasteiger partial charge in [0, 0.05) is 41.8 Å². The van der Waals surface area contributed by atoms with Crippen molar-refractivity contribution in [3.8, 4) is 11.8 Å². The number of nitrogens with zero attached hydrogens (tertiary/aromatic N) is 1. The number of aliphatic hydroxyl groups is 1. The van der Waals surface area contributed by atoms with E-state index < -0.39 is 11.4 Å². The number of aromatic nitrogens is 1. The van der Waals surface area contributed by atoms with Crippen LogP contribution in [0.15, 0.2) is 16.6 Å². The lowest BCUT2D eigenvalue weighted by Crippen LogP contribution is -2.22. The lowest BCUT2D eigenvalue weighted by molar-refractivity contribution is -0.136. The maximum Gasteiger partial charge on any atom is 0.338 e. The fourth-order valence-corrected chi connectivity index (χ4v) is 2.67. The molecule has 0 unspecified atom stereocenters. The molecule has 0 bridgehead atoms. The monoisotopic (exact) mass is 329 g/mol. The summed E-state index contributed by atoms with van der Waals surface area (Å²) in [6.45, 7) is 7.44. The molecule has 0 saturated carbocycles. The molecule has 0 aromatic carbocycles. The lowest BCUT2D eigenvalue weighted by atomic mass is 9.94. The van der Waals surface area contributed by atoms with Gasteiger partial charge in [-0.3, -0.25) is 4.79 Å². The van der Waals surface area contributed by atoms with Gasteiger partial charge in [-0.2, -0.15) is 0 Å². The van der Waals surface area contributed by atoms with Crippen LogP contribution >= 0.6 is 0 Å². The minimum atomic E-state index is -0.566. The molecule has 1 aromatic rings. The molecule has 0 saturated heterocycles. The van der Waals surface area contributed by atoms with Crippen LogP contribution in [0.4, 0.5) is 0 Å². The average molecular weight is 329 g/mol. The van der Waals surface area contributed by atoms with E-state index in [1.165, 1.54) is 4.57 Å². The van der Waals surface area contributed by atoms with E-state index in [-0.39, 0.29) is 18.8 Å². The van der Waals surface area contributed by atoms with E-state index in [9.17, 15) is 14.7 Å². The molecule has 1 aliphatic rings. The second-order valence-corrected chi connectivity index (χ2v) is 6.66. The van der Waals surface area contributed by atoms with Crippen molar-refractivity contribution in [3.05, 3.63) is 38.8 Å². The maximum absolute atomic E-state index is 12.4. The smallest absolute Gasteiger partial charge is 0.338 e. The minimum Gasteiger partial charge on any atom is -0.462 e. The van der Waals surface area contributed by atoms with Gasteiger partial charge in [0.25, 0.3) is 5.56 Å². The molecule has 2 rings (SSSR count). The number of esters is 1. The van der Waals surface area contributed by atoms with Crippen LogP contribution in [-0.4, -0.2) is 28.9 Å². The number of fused-ring (bicyclic) bond motifs is 1. The highest BCUT2D eigenvalue weighted by Crippen LogP contribution is 2.34. The molecule has 1 aliphatic carbocycles. The van der Waals surface area contributed by atoms with Crippen LogP contribution in [-0.2, 0) is 23.0 Å². The van der Waals surface area contributed by atoms with Crippen molar-refractivity contribution in [3.63, 3.8) is 0 Å². The molecule has 0 amide bonds. The molecule has 1 N–H and O–H groups in total. The molecule has 0 spiro atoms. The maximum atomic E-state index is 12.4. The van der Waals surface area contributed by atoms with Crippen molar-refractivity contribution in [2.24, 2.45) is 12.5 Å². The number of ether oxygens (including phenoxy) is 1. The number of hydrogen-bond acceptors (Lipinski definition) is 4. The Balaban J connectivity index is 2.68. The number of allylic oxidation sites excluding steroid dienone is 1. The third-order valence-corrected chi connectivity index (χ3v) is 4.00. The average Bonchev–Trinajstić information content (AvgIpc) is 2.87. The van der Waals surface area contributed by atoms with Crippen LogP contribution in [0.2, 0.25) is 0 Å². The van der Waals surface area contributed by atoms with Crippen LogP contribution in [0, 0.1) is 17.3 Å². The van der Waals surface area contributed by atoms with Gasteiger partial charge in [0.15, 0.2) is 0 Å². The summed E-state index contributed by atoms with van der Waals surface area (Å²) in [6, 6.07) is 0. The third kappa shape index (κ3) is 3.29. The molecule has 0 aliphatic heterocycles. The summed E-state index contributed by atoms with van der Waals surface area (Å²) >= 11 is 0. The zero-order valence-electron chi connectivity index (χ0n) is 14.8. The number of hydrogen-bond donors (Lipinski definition) is 1. The Morgan fingerprint density at radius 3 is 2.71 bits per heavy atom. The zero-order chi connectivity index (χ0) is 18.1. The van der Waals surface area contributed by atoms with Crippen LogP contribution < -0.4 is 5.56 Å². The first-order valence-electron chi connectivity index (χ1n) is 7.95. The van der Waals surface area contributed by atoms with Gasteiger partial charge < -0.3 is 14.4 Å². The van der Waals surface area contributed by atoms with Crippen molar-refractivity contribution in [1.29, 1.82) is 0 Å². The number of aliphatic hydroxyl groups excluding tert-OH is 1. The molecule has 5 heteroatoms. The van der Waals surface area contributed by atoms with Gasteiger partial charge >= 0.3 is 5.97 Å². The van der Waals surface area contributed by atoms with Crippen molar-refractivity contribution < 1.29 is 14.6 Å². The fourth-order valence-electron chi connectivity index (χ4n) is 2.67. The Kier molecular flexibility index (Phi) is 5.00.